The molecule has 0 atom stereocenters. The highest BCUT2D eigenvalue weighted by Gasteiger charge is 2.17. The van der Waals surface area contributed by atoms with E-state index in [0.717, 1.165) is 43.7 Å². The standard InChI is InChI=1S/C26H17NO/c28-23-14-13-16-7-1-3-9-18(16)24(23)21-15-17-8-2-4-10-19(17)26-25(21)20-11-5-6-12-22(20)27-26/h1-15,27-28H. The smallest absolute Gasteiger partial charge is 0.124 e. The van der Waals surface area contributed by atoms with Gasteiger partial charge in [0.2, 0.25) is 0 Å². The first-order valence-corrected chi connectivity index (χ1v) is 9.44. The molecule has 6 rings (SSSR count). The molecule has 0 aliphatic heterocycles. The topological polar surface area (TPSA) is 36.0 Å². The summed E-state index contributed by atoms with van der Waals surface area (Å²) in [5.41, 5.74) is 4.16. The van der Waals surface area contributed by atoms with Gasteiger partial charge in [-0.15, -0.1) is 0 Å². The Labute approximate surface area is 161 Å². The van der Waals surface area contributed by atoms with Crippen LogP contribution in [0.4, 0.5) is 0 Å². The van der Waals surface area contributed by atoms with Crippen molar-refractivity contribution in [3.8, 4) is 16.9 Å². The van der Waals surface area contributed by atoms with E-state index in [-0.39, 0.29) is 0 Å². The number of phenols is 1. The van der Waals surface area contributed by atoms with Crippen molar-refractivity contribution in [2.45, 2.75) is 0 Å². The molecule has 0 amide bonds. The molecule has 2 nitrogen and oxygen atoms in total. The van der Waals surface area contributed by atoms with Crippen molar-refractivity contribution >= 4 is 43.4 Å². The van der Waals surface area contributed by atoms with Crippen LogP contribution in [0.5, 0.6) is 5.75 Å². The SMILES string of the molecule is Oc1ccc2ccccc2c1-c1cc2ccccc2c2[nH]c3ccccc3c12. The van der Waals surface area contributed by atoms with Crippen molar-refractivity contribution in [3.63, 3.8) is 0 Å². The molecule has 0 spiro atoms. The largest absolute Gasteiger partial charge is 0.507 e. The van der Waals surface area contributed by atoms with E-state index >= 15 is 0 Å². The Morgan fingerprint density at radius 1 is 0.607 bits per heavy atom. The Hall–Kier alpha value is -3.78. The van der Waals surface area contributed by atoms with Crippen molar-refractivity contribution in [3.05, 3.63) is 91.0 Å². The number of para-hydroxylation sites is 1. The second-order valence-corrected chi connectivity index (χ2v) is 7.25. The molecule has 28 heavy (non-hydrogen) atoms. The molecule has 1 heterocycles. The predicted octanol–water partition coefficient (Wildman–Crippen LogP) is 7.00. The van der Waals surface area contributed by atoms with Gasteiger partial charge in [-0.3, -0.25) is 0 Å². The van der Waals surface area contributed by atoms with Gasteiger partial charge in [0.15, 0.2) is 0 Å². The molecule has 0 saturated heterocycles. The lowest BCUT2D eigenvalue weighted by atomic mass is 9.91. The van der Waals surface area contributed by atoms with E-state index in [1.54, 1.807) is 6.07 Å². The highest BCUT2D eigenvalue weighted by atomic mass is 16.3. The van der Waals surface area contributed by atoms with Gasteiger partial charge in [0.25, 0.3) is 0 Å². The molecule has 0 saturated carbocycles. The van der Waals surface area contributed by atoms with Crippen molar-refractivity contribution < 1.29 is 5.11 Å². The molecule has 132 valence electrons. The highest BCUT2D eigenvalue weighted by molar-refractivity contribution is 6.24. The fraction of sp³-hybridized carbons (Fsp3) is 0. The minimum atomic E-state index is 0.306. The predicted molar refractivity (Wildman–Crippen MR) is 118 cm³/mol. The van der Waals surface area contributed by atoms with Gasteiger partial charge in [-0.1, -0.05) is 72.8 Å². The number of hydrogen-bond acceptors (Lipinski definition) is 1. The van der Waals surface area contributed by atoms with Crippen molar-refractivity contribution in [2.24, 2.45) is 0 Å². The Bertz CT molecular complexity index is 1520. The van der Waals surface area contributed by atoms with Crippen LogP contribution in [0.15, 0.2) is 91.0 Å². The van der Waals surface area contributed by atoms with Crippen LogP contribution in [-0.2, 0) is 0 Å². The summed E-state index contributed by atoms with van der Waals surface area (Å²) in [4.78, 5) is 3.62. The van der Waals surface area contributed by atoms with Crippen molar-refractivity contribution in [1.29, 1.82) is 0 Å². The van der Waals surface area contributed by atoms with E-state index in [0.29, 0.717) is 5.75 Å². The number of phenolic OH excluding ortho intramolecular Hbond substituents is 1. The van der Waals surface area contributed by atoms with Crippen molar-refractivity contribution in [1.82, 2.24) is 4.98 Å². The van der Waals surface area contributed by atoms with Crippen molar-refractivity contribution in [2.75, 3.05) is 0 Å². The molecule has 0 aliphatic carbocycles. The molecule has 0 radical (unpaired) electrons. The maximum Gasteiger partial charge on any atom is 0.124 e. The summed E-state index contributed by atoms with van der Waals surface area (Å²) in [7, 11) is 0. The van der Waals surface area contributed by atoms with Crippen LogP contribution < -0.4 is 0 Å². The number of hydrogen-bond donors (Lipinski definition) is 2. The minimum Gasteiger partial charge on any atom is -0.507 e. The van der Waals surface area contributed by atoms with E-state index in [2.05, 4.69) is 71.7 Å². The zero-order valence-corrected chi connectivity index (χ0v) is 15.1. The summed E-state index contributed by atoms with van der Waals surface area (Å²) in [6.45, 7) is 0. The number of aromatic amines is 1. The third-order valence-corrected chi connectivity index (χ3v) is 5.68. The molecule has 1 aromatic heterocycles. The average molecular weight is 359 g/mol. The summed E-state index contributed by atoms with van der Waals surface area (Å²) in [6, 6.07) is 31.0. The molecule has 5 aromatic carbocycles. The summed E-state index contributed by atoms with van der Waals surface area (Å²) in [5, 5.41) is 17.7. The molecule has 6 aromatic rings. The van der Waals surface area contributed by atoms with E-state index in [1.165, 1.54) is 10.8 Å². The van der Waals surface area contributed by atoms with Gasteiger partial charge in [0, 0.05) is 27.2 Å². The highest BCUT2D eigenvalue weighted by Crippen LogP contribution is 2.44. The molecule has 0 bridgehead atoms. The summed E-state index contributed by atoms with van der Waals surface area (Å²) in [5.74, 6) is 0.306. The van der Waals surface area contributed by atoms with Gasteiger partial charge in [-0.05, 0) is 39.9 Å². The third-order valence-electron chi connectivity index (χ3n) is 5.68. The van der Waals surface area contributed by atoms with E-state index in [4.69, 9.17) is 0 Å². The number of rotatable bonds is 1. The Balaban J connectivity index is 1.90. The maximum atomic E-state index is 10.9. The number of H-pyrrole nitrogens is 1. The van der Waals surface area contributed by atoms with Gasteiger partial charge in [0.1, 0.15) is 5.75 Å². The molecular formula is C26H17NO. The fourth-order valence-corrected chi connectivity index (χ4v) is 4.44. The zero-order chi connectivity index (χ0) is 18.7. The first-order valence-electron chi connectivity index (χ1n) is 9.44. The van der Waals surface area contributed by atoms with Gasteiger partial charge in [0.05, 0.1) is 5.52 Å². The molecular weight excluding hydrogens is 342 g/mol. The lowest BCUT2D eigenvalue weighted by molar-refractivity contribution is 0.478. The van der Waals surface area contributed by atoms with Gasteiger partial charge < -0.3 is 10.1 Å². The average Bonchev–Trinajstić information content (AvgIpc) is 3.13. The minimum absolute atomic E-state index is 0.306. The van der Waals surface area contributed by atoms with Gasteiger partial charge in [-0.2, -0.15) is 0 Å². The lowest BCUT2D eigenvalue weighted by Gasteiger charge is -2.13. The number of aromatic nitrogens is 1. The van der Waals surface area contributed by atoms with Crippen LogP contribution >= 0.6 is 0 Å². The first kappa shape index (κ1) is 15.3. The fourth-order valence-electron chi connectivity index (χ4n) is 4.44. The Morgan fingerprint density at radius 2 is 1.29 bits per heavy atom. The van der Waals surface area contributed by atoms with Gasteiger partial charge in [-0.25, -0.2) is 0 Å². The number of fused-ring (bicyclic) bond motifs is 6. The van der Waals surface area contributed by atoms with Gasteiger partial charge >= 0.3 is 0 Å². The van der Waals surface area contributed by atoms with Crippen LogP contribution in [-0.4, -0.2) is 10.1 Å². The molecule has 0 fully saturated rings. The second-order valence-electron chi connectivity index (χ2n) is 7.25. The monoisotopic (exact) mass is 359 g/mol. The molecule has 0 unspecified atom stereocenters. The summed E-state index contributed by atoms with van der Waals surface area (Å²) in [6.07, 6.45) is 0. The lowest BCUT2D eigenvalue weighted by Crippen LogP contribution is -1.86. The molecule has 0 aliphatic rings. The first-order chi connectivity index (χ1) is 13.8. The number of nitrogens with one attached hydrogen (secondary N) is 1. The maximum absolute atomic E-state index is 10.9. The van der Waals surface area contributed by atoms with Crippen LogP contribution in [0.25, 0.3) is 54.5 Å². The van der Waals surface area contributed by atoms with Crippen LogP contribution in [0.3, 0.4) is 0 Å². The normalized spacial score (nSPS) is 11.7. The van der Waals surface area contributed by atoms with Crippen LogP contribution in [0.2, 0.25) is 0 Å². The zero-order valence-electron chi connectivity index (χ0n) is 15.1. The number of benzene rings is 5. The summed E-state index contributed by atoms with van der Waals surface area (Å²) < 4.78 is 0. The van der Waals surface area contributed by atoms with Crippen LogP contribution in [0.1, 0.15) is 0 Å². The molecule has 2 N–H and O–H groups in total. The Morgan fingerprint density at radius 3 is 2.14 bits per heavy atom. The third kappa shape index (κ3) is 2.03. The quantitative estimate of drug-likeness (QED) is 0.326. The van der Waals surface area contributed by atoms with E-state index in [1.807, 2.05) is 18.2 Å². The second kappa shape index (κ2) is 5.61. The van der Waals surface area contributed by atoms with E-state index in [9.17, 15) is 5.11 Å². The Kier molecular flexibility index (Phi) is 3.06. The van der Waals surface area contributed by atoms with Crippen LogP contribution in [0, 0.1) is 0 Å². The number of aromatic hydroxyl groups is 1. The molecule has 2 heteroatoms. The summed E-state index contributed by atoms with van der Waals surface area (Å²) >= 11 is 0. The van der Waals surface area contributed by atoms with E-state index < -0.39 is 0 Å².